The van der Waals surface area contributed by atoms with E-state index in [1.54, 1.807) is 12.1 Å². The number of rotatable bonds is 2. The van der Waals surface area contributed by atoms with Gasteiger partial charge in [-0.15, -0.1) is 0 Å². The van der Waals surface area contributed by atoms with E-state index >= 15 is 0 Å². The van der Waals surface area contributed by atoms with Crippen molar-refractivity contribution in [2.45, 2.75) is 52.0 Å². The van der Waals surface area contributed by atoms with Gasteiger partial charge in [-0.1, -0.05) is 31.6 Å². The molecule has 0 aromatic heterocycles. The molecule has 3 atom stereocenters. The monoisotopic (exact) mass is 287 g/mol. The third-order valence-corrected chi connectivity index (χ3v) is 5.82. The van der Waals surface area contributed by atoms with E-state index < -0.39 is 0 Å². The molecule has 0 unspecified atom stereocenters. The Morgan fingerprint density at radius 3 is 2.90 bits per heavy atom. The van der Waals surface area contributed by atoms with Gasteiger partial charge in [0.2, 0.25) is 0 Å². The van der Waals surface area contributed by atoms with Gasteiger partial charge in [0.15, 0.2) is 0 Å². The van der Waals surface area contributed by atoms with Crippen molar-refractivity contribution in [1.29, 1.82) is 0 Å². The van der Waals surface area contributed by atoms with Crippen molar-refractivity contribution >= 4 is 0 Å². The zero-order chi connectivity index (χ0) is 15.2. The van der Waals surface area contributed by atoms with Crippen LogP contribution in [0, 0.1) is 11.7 Å². The molecule has 1 aromatic carbocycles. The fourth-order valence-corrected chi connectivity index (χ4v) is 4.21. The lowest BCUT2D eigenvalue weighted by atomic mass is 9.59. The van der Waals surface area contributed by atoms with Gasteiger partial charge in [-0.3, -0.25) is 4.90 Å². The van der Waals surface area contributed by atoms with E-state index in [9.17, 15) is 4.39 Å². The molecule has 21 heavy (non-hydrogen) atoms. The Morgan fingerprint density at radius 2 is 2.19 bits per heavy atom. The molecule has 1 saturated heterocycles. The number of halogens is 1. The molecule has 114 valence electrons. The van der Waals surface area contributed by atoms with Crippen LogP contribution in [0.5, 0.6) is 0 Å². The summed E-state index contributed by atoms with van der Waals surface area (Å²) in [6.07, 6.45) is 4.51. The molecule has 0 spiro atoms. The van der Waals surface area contributed by atoms with Crippen LogP contribution in [0.4, 0.5) is 4.39 Å². The molecule has 0 saturated carbocycles. The molecular formula is C19H26FN. The standard InChI is InChI=1S/C19H26FN/c1-13(2)7-9-21-10-8-19(4)14(3)18(21)11-15-5-6-16(20)12-17(15)19/h5-7,12,14,18H,8-11H2,1-4H3/t14-,18+,19-/m1/s1. The summed E-state index contributed by atoms with van der Waals surface area (Å²) in [5, 5.41) is 0. The second-order valence-corrected chi connectivity index (χ2v) is 7.31. The first-order valence-electron chi connectivity index (χ1n) is 8.08. The average molecular weight is 287 g/mol. The van der Waals surface area contributed by atoms with Gasteiger partial charge in [-0.2, -0.15) is 0 Å². The van der Waals surface area contributed by atoms with E-state index in [0.717, 1.165) is 25.9 Å². The van der Waals surface area contributed by atoms with Crippen molar-refractivity contribution in [3.05, 3.63) is 46.8 Å². The Hall–Kier alpha value is -1.15. The minimum atomic E-state index is -0.0902. The Kier molecular flexibility index (Phi) is 3.69. The number of fused-ring (bicyclic) bond motifs is 4. The lowest BCUT2D eigenvalue weighted by molar-refractivity contribution is 0.0396. The van der Waals surface area contributed by atoms with Crippen molar-refractivity contribution in [2.24, 2.45) is 5.92 Å². The quantitative estimate of drug-likeness (QED) is 0.732. The summed E-state index contributed by atoms with van der Waals surface area (Å²) in [4.78, 5) is 2.62. The zero-order valence-corrected chi connectivity index (χ0v) is 13.6. The Balaban J connectivity index is 1.96. The maximum atomic E-state index is 13.7. The molecule has 1 fully saturated rings. The second kappa shape index (κ2) is 5.24. The van der Waals surface area contributed by atoms with Crippen LogP contribution in [0.2, 0.25) is 0 Å². The van der Waals surface area contributed by atoms with Crippen molar-refractivity contribution in [3.63, 3.8) is 0 Å². The Bertz CT molecular complexity index is 573. The molecule has 1 aliphatic heterocycles. The van der Waals surface area contributed by atoms with Crippen LogP contribution in [-0.4, -0.2) is 24.0 Å². The smallest absolute Gasteiger partial charge is 0.123 e. The molecule has 1 nitrogen and oxygen atoms in total. The fraction of sp³-hybridized carbons (Fsp3) is 0.579. The van der Waals surface area contributed by atoms with E-state index in [1.165, 1.54) is 16.7 Å². The van der Waals surface area contributed by atoms with Crippen LogP contribution in [0.3, 0.4) is 0 Å². The molecule has 1 heterocycles. The highest BCUT2D eigenvalue weighted by Gasteiger charge is 2.48. The summed E-state index contributed by atoms with van der Waals surface area (Å²) in [6, 6.07) is 5.99. The van der Waals surface area contributed by atoms with E-state index in [0.29, 0.717) is 12.0 Å². The molecule has 2 bridgehead atoms. The molecular weight excluding hydrogens is 261 g/mol. The van der Waals surface area contributed by atoms with E-state index in [4.69, 9.17) is 0 Å². The molecule has 0 amide bonds. The maximum absolute atomic E-state index is 13.7. The largest absolute Gasteiger partial charge is 0.296 e. The van der Waals surface area contributed by atoms with Crippen LogP contribution in [0.1, 0.15) is 45.2 Å². The zero-order valence-electron chi connectivity index (χ0n) is 13.6. The Morgan fingerprint density at radius 1 is 1.43 bits per heavy atom. The van der Waals surface area contributed by atoms with E-state index in [2.05, 4.69) is 38.7 Å². The highest BCUT2D eigenvalue weighted by atomic mass is 19.1. The van der Waals surface area contributed by atoms with Gasteiger partial charge in [0.25, 0.3) is 0 Å². The van der Waals surface area contributed by atoms with Gasteiger partial charge in [-0.05, 0) is 67.8 Å². The Labute approximate surface area is 127 Å². The number of likely N-dealkylation sites (tertiary alicyclic amines) is 1. The lowest BCUT2D eigenvalue weighted by Crippen LogP contribution is -2.57. The molecule has 1 aromatic rings. The summed E-state index contributed by atoms with van der Waals surface area (Å²) in [6.45, 7) is 11.2. The topological polar surface area (TPSA) is 3.24 Å². The molecule has 0 N–H and O–H groups in total. The molecule has 3 rings (SSSR count). The van der Waals surface area contributed by atoms with Crippen molar-refractivity contribution < 1.29 is 4.39 Å². The highest BCUT2D eigenvalue weighted by Crippen LogP contribution is 2.48. The number of benzene rings is 1. The van der Waals surface area contributed by atoms with Crippen molar-refractivity contribution in [1.82, 2.24) is 4.90 Å². The van der Waals surface area contributed by atoms with Gasteiger partial charge in [0.1, 0.15) is 5.82 Å². The van der Waals surface area contributed by atoms with Gasteiger partial charge in [0, 0.05) is 12.6 Å². The van der Waals surface area contributed by atoms with Gasteiger partial charge in [-0.25, -0.2) is 4.39 Å². The number of nitrogens with zero attached hydrogens (tertiary/aromatic N) is 1. The first kappa shape index (κ1) is 14.8. The van der Waals surface area contributed by atoms with Crippen LogP contribution in [-0.2, 0) is 11.8 Å². The third kappa shape index (κ3) is 2.44. The van der Waals surface area contributed by atoms with Crippen LogP contribution >= 0.6 is 0 Å². The predicted molar refractivity (Wildman–Crippen MR) is 86.0 cm³/mol. The first-order chi connectivity index (χ1) is 9.91. The second-order valence-electron chi connectivity index (χ2n) is 7.31. The highest BCUT2D eigenvalue weighted by molar-refractivity contribution is 5.40. The van der Waals surface area contributed by atoms with E-state index in [-0.39, 0.29) is 11.2 Å². The number of allylic oxidation sites excluding steroid dienone is 1. The van der Waals surface area contributed by atoms with Gasteiger partial charge in [0.05, 0.1) is 0 Å². The number of hydrogen-bond donors (Lipinski definition) is 0. The minimum Gasteiger partial charge on any atom is -0.296 e. The van der Waals surface area contributed by atoms with Gasteiger partial charge < -0.3 is 0 Å². The number of piperidine rings is 1. The number of hydrogen-bond acceptors (Lipinski definition) is 1. The predicted octanol–water partition coefficient (Wildman–Crippen LogP) is 4.32. The molecule has 0 radical (unpaired) electrons. The molecule has 1 aliphatic carbocycles. The maximum Gasteiger partial charge on any atom is 0.123 e. The fourth-order valence-electron chi connectivity index (χ4n) is 4.21. The van der Waals surface area contributed by atoms with E-state index in [1.807, 2.05) is 6.07 Å². The summed E-state index contributed by atoms with van der Waals surface area (Å²) >= 11 is 0. The normalized spacial score (nSPS) is 31.7. The summed E-state index contributed by atoms with van der Waals surface area (Å²) in [7, 11) is 0. The summed E-state index contributed by atoms with van der Waals surface area (Å²) in [5.41, 5.74) is 4.12. The first-order valence-corrected chi connectivity index (χ1v) is 8.08. The van der Waals surface area contributed by atoms with Gasteiger partial charge >= 0.3 is 0 Å². The summed E-state index contributed by atoms with van der Waals surface area (Å²) in [5.74, 6) is 0.485. The summed E-state index contributed by atoms with van der Waals surface area (Å²) < 4.78 is 13.7. The van der Waals surface area contributed by atoms with Crippen LogP contribution in [0.15, 0.2) is 29.8 Å². The molecule has 2 aliphatic rings. The van der Waals surface area contributed by atoms with Crippen LogP contribution < -0.4 is 0 Å². The van der Waals surface area contributed by atoms with Crippen LogP contribution in [0.25, 0.3) is 0 Å². The third-order valence-electron chi connectivity index (χ3n) is 5.82. The minimum absolute atomic E-state index is 0.0902. The average Bonchev–Trinajstić information content (AvgIpc) is 2.43. The lowest BCUT2D eigenvalue weighted by Gasteiger charge is -2.54. The SMILES string of the molecule is CC(C)=CCN1CC[C@@]2(C)c3cc(F)ccc3C[C@H]1[C@H]2C. The van der Waals surface area contributed by atoms with Crippen molar-refractivity contribution in [2.75, 3.05) is 13.1 Å². The molecule has 2 heteroatoms. The van der Waals surface area contributed by atoms with Crippen molar-refractivity contribution in [3.8, 4) is 0 Å².